The minimum absolute atomic E-state index is 0.0839. The van der Waals surface area contributed by atoms with Gasteiger partial charge in [0.15, 0.2) is 0 Å². The molecule has 15 heavy (non-hydrogen) atoms. The Bertz CT molecular complexity index is 675. The zero-order chi connectivity index (χ0) is 11.1. The molecule has 0 fully saturated rings. The van der Waals surface area contributed by atoms with E-state index in [1.54, 1.807) is 18.2 Å². The SMILES string of the molecule is O=c1ccc2cccc(S(=O)(=O)Cl)c2[nH]1. The van der Waals surface area contributed by atoms with Crippen LogP contribution in [0.25, 0.3) is 10.9 Å². The highest BCUT2D eigenvalue weighted by Crippen LogP contribution is 2.22. The molecule has 0 saturated carbocycles. The van der Waals surface area contributed by atoms with Crippen LogP contribution in [-0.2, 0) is 9.05 Å². The van der Waals surface area contributed by atoms with Crippen LogP contribution in [0.2, 0.25) is 0 Å². The molecule has 0 atom stereocenters. The second kappa shape index (κ2) is 3.36. The van der Waals surface area contributed by atoms with Crippen LogP contribution in [0.5, 0.6) is 0 Å². The van der Waals surface area contributed by atoms with Gasteiger partial charge < -0.3 is 4.98 Å². The van der Waals surface area contributed by atoms with Gasteiger partial charge in [-0.05, 0) is 17.5 Å². The number of halogens is 1. The van der Waals surface area contributed by atoms with Crippen LogP contribution in [0.3, 0.4) is 0 Å². The molecule has 0 aliphatic rings. The van der Waals surface area contributed by atoms with Crippen molar-refractivity contribution in [1.82, 2.24) is 4.98 Å². The number of H-pyrrole nitrogens is 1. The van der Waals surface area contributed by atoms with Crippen molar-refractivity contribution >= 4 is 30.6 Å². The first-order valence-electron chi connectivity index (χ1n) is 4.05. The van der Waals surface area contributed by atoms with E-state index >= 15 is 0 Å². The zero-order valence-corrected chi connectivity index (χ0v) is 8.97. The van der Waals surface area contributed by atoms with Gasteiger partial charge in [0.05, 0.1) is 5.52 Å². The summed E-state index contributed by atoms with van der Waals surface area (Å²) in [6.07, 6.45) is 0. The van der Waals surface area contributed by atoms with Gasteiger partial charge in [0.25, 0.3) is 9.05 Å². The van der Waals surface area contributed by atoms with Gasteiger partial charge in [-0.3, -0.25) is 4.79 Å². The number of aromatic amines is 1. The summed E-state index contributed by atoms with van der Waals surface area (Å²) in [7, 11) is 1.40. The molecular formula is C9H6ClNO3S. The van der Waals surface area contributed by atoms with Crippen LogP contribution in [0.1, 0.15) is 0 Å². The van der Waals surface area contributed by atoms with Gasteiger partial charge in [-0.25, -0.2) is 8.42 Å². The maximum Gasteiger partial charge on any atom is 0.263 e. The van der Waals surface area contributed by atoms with E-state index in [1.807, 2.05) is 0 Å². The van der Waals surface area contributed by atoms with Crippen LogP contribution in [0.15, 0.2) is 40.0 Å². The fourth-order valence-corrected chi connectivity index (χ4v) is 2.39. The van der Waals surface area contributed by atoms with E-state index in [-0.39, 0.29) is 16.0 Å². The molecule has 0 radical (unpaired) electrons. The smallest absolute Gasteiger partial charge is 0.263 e. The van der Waals surface area contributed by atoms with Crippen molar-refractivity contribution in [1.29, 1.82) is 0 Å². The molecule has 0 spiro atoms. The number of rotatable bonds is 1. The number of fused-ring (bicyclic) bond motifs is 1. The average Bonchev–Trinajstić information content (AvgIpc) is 2.15. The summed E-state index contributed by atoms with van der Waals surface area (Å²) in [6.45, 7) is 0. The van der Waals surface area contributed by atoms with Crippen LogP contribution in [0.4, 0.5) is 0 Å². The number of pyridine rings is 1. The summed E-state index contributed by atoms with van der Waals surface area (Å²) < 4.78 is 22.4. The normalized spacial score (nSPS) is 11.8. The molecule has 1 aromatic heterocycles. The third-order valence-corrected chi connectivity index (χ3v) is 3.35. The van der Waals surface area contributed by atoms with Gasteiger partial charge in [0.2, 0.25) is 5.56 Å². The lowest BCUT2D eigenvalue weighted by atomic mass is 10.2. The molecule has 0 saturated heterocycles. The number of para-hydroxylation sites is 1. The Labute approximate surface area is 89.9 Å². The van der Waals surface area contributed by atoms with Crippen molar-refractivity contribution in [2.45, 2.75) is 4.90 Å². The fourth-order valence-electron chi connectivity index (χ4n) is 1.35. The molecule has 6 heteroatoms. The Morgan fingerprint density at radius 3 is 2.53 bits per heavy atom. The van der Waals surface area contributed by atoms with Crippen molar-refractivity contribution in [3.05, 3.63) is 40.7 Å². The number of hydrogen-bond acceptors (Lipinski definition) is 3. The predicted octanol–water partition coefficient (Wildman–Crippen LogP) is 1.46. The van der Waals surface area contributed by atoms with Gasteiger partial charge >= 0.3 is 0 Å². The first-order chi connectivity index (χ1) is 6.98. The van der Waals surface area contributed by atoms with Crippen molar-refractivity contribution in [2.75, 3.05) is 0 Å². The Morgan fingerprint density at radius 1 is 1.13 bits per heavy atom. The molecule has 4 nitrogen and oxygen atoms in total. The lowest BCUT2D eigenvalue weighted by Gasteiger charge is -2.01. The van der Waals surface area contributed by atoms with E-state index < -0.39 is 9.05 Å². The lowest BCUT2D eigenvalue weighted by molar-refractivity contribution is 0.610. The minimum atomic E-state index is -3.84. The summed E-state index contributed by atoms with van der Waals surface area (Å²) in [5.74, 6) is 0. The van der Waals surface area contributed by atoms with E-state index in [4.69, 9.17) is 10.7 Å². The van der Waals surface area contributed by atoms with Gasteiger partial charge in [-0.1, -0.05) is 12.1 Å². The fraction of sp³-hybridized carbons (Fsp3) is 0. The minimum Gasteiger partial charge on any atom is -0.321 e. The van der Waals surface area contributed by atoms with E-state index in [0.717, 1.165) is 0 Å². The van der Waals surface area contributed by atoms with E-state index in [2.05, 4.69) is 4.98 Å². The zero-order valence-electron chi connectivity index (χ0n) is 7.40. The van der Waals surface area contributed by atoms with Crippen LogP contribution < -0.4 is 5.56 Å². The molecule has 2 aromatic rings. The van der Waals surface area contributed by atoms with Crippen molar-refractivity contribution in [3.63, 3.8) is 0 Å². The highest BCUT2D eigenvalue weighted by Gasteiger charge is 2.14. The third kappa shape index (κ3) is 1.88. The number of benzene rings is 1. The molecule has 0 bridgehead atoms. The van der Waals surface area contributed by atoms with Crippen molar-refractivity contribution in [3.8, 4) is 0 Å². The Morgan fingerprint density at radius 2 is 1.87 bits per heavy atom. The Balaban J connectivity index is 2.99. The van der Waals surface area contributed by atoms with Crippen LogP contribution in [-0.4, -0.2) is 13.4 Å². The number of aromatic nitrogens is 1. The highest BCUT2D eigenvalue weighted by molar-refractivity contribution is 8.14. The first-order valence-corrected chi connectivity index (χ1v) is 6.36. The average molecular weight is 244 g/mol. The monoisotopic (exact) mass is 243 g/mol. The van der Waals surface area contributed by atoms with Gasteiger partial charge in [0, 0.05) is 16.7 Å². The largest absolute Gasteiger partial charge is 0.321 e. The maximum absolute atomic E-state index is 11.2. The second-order valence-corrected chi connectivity index (χ2v) is 5.52. The molecule has 0 unspecified atom stereocenters. The molecule has 0 aliphatic heterocycles. The van der Waals surface area contributed by atoms with Crippen LogP contribution >= 0.6 is 10.7 Å². The standard InChI is InChI=1S/C9H6ClNO3S/c10-15(13,14)7-3-1-2-6-4-5-8(12)11-9(6)7/h1-5H,(H,11,12). The number of nitrogens with one attached hydrogen (secondary N) is 1. The van der Waals surface area contributed by atoms with Crippen LogP contribution in [0, 0.1) is 0 Å². The Kier molecular flexibility index (Phi) is 2.28. The molecule has 78 valence electrons. The molecule has 1 aromatic carbocycles. The van der Waals surface area contributed by atoms with Crippen molar-refractivity contribution in [2.24, 2.45) is 0 Å². The summed E-state index contributed by atoms with van der Waals surface area (Å²) >= 11 is 0. The highest BCUT2D eigenvalue weighted by atomic mass is 35.7. The topological polar surface area (TPSA) is 67.0 Å². The summed E-state index contributed by atoms with van der Waals surface area (Å²) in [4.78, 5) is 13.4. The maximum atomic E-state index is 11.2. The molecule has 0 amide bonds. The van der Waals surface area contributed by atoms with Gasteiger partial charge in [-0.15, -0.1) is 0 Å². The second-order valence-electron chi connectivity index (χ2n) is 2.98. The van der Waals surface area contributed by atoms with Gasteiger partial charge in [-0.2, -0.15) is 0 Å². The van der Waals surface area contributed by atoms with E-state index in [1.165, 1.54) is 12.1 Å². The summed E-state index contributed by atoms with van der Waals surface area (Å²) in [5, 5.41) is 0.622. The summed E-state index contributed by atoms with van der Waals surface area (Å²) in [5.41, 5.74) is -0.129. The first kappa shape index (κ1) is 10.2. The third-order valence-electron chi connectivity index (χ3n) is 1.98. The number of hydrogen-bond donors (Lipinski definition) is 1. The molecule has 1 N–H and O–H groups in total. The molecular weight excluding hydrogens is 238 g/mol. The quantitative estimate of drug-likeness (QED) is 0.771. The molecule has 1 heterocycles. The lowest BCUT2D eigenvalue weighted by Crippen LogP contribution is -2.05. The molecule has 2 rings (SSSR count). The Hall–Kier alpha value is -1.33. The molecule has 0 aliphatic carbocycles. The van der Waals surface area contributed by atoms with E-state index in [0.29, 0.717) is 5.39 Å². The summed E-state index contributed by atoms with van der Waals surface area (Å²) in [6, 6.07) is 7.47. The van der Waals surface area contributed by atoms with Gasteiger partial charge in [0.1, 0.15) is 4.90 Å². The predicted molar refractivity (Wildman–Crippen MR) is 57.6 cm³/mol. The van der Waals surface area contributed by atoms with Crippen molar-refractivity contribution < 1.29 is 8.42 Å². The van der Waals surface area contributed by atoms with E-state index in [9.17, 15) is 13.2 Å².